The Morgan fingerprint density at radius 1 is 0.976 bits per heavy atom. The second-order valence-electron chi connectivity index (χ2n) is 10.6. The lowest BCUT2D eigenvalue weighted by Crippen LogP contribution is -2.49. The number of benzene rings is 2. The van der Waals surface area contributed by atoms with Gasteiger partial charge in [0.15, 0.2) is 0 Å². The lowest BCUT2D eigenvalue weighted by molar-refractivity contribution is -0.137. The molecule has 1 atom stereocenters. The van der Waals surface area contributed by atoms with Crippen LogP contribution in [-0.2, 0) is 9.59 Å². The summed E-state index contributed by atoms with van der Waals surface area (Å²) in [5.41, 5.74) is 3.87. The van der Waals surface area contributed by atoms with Crippen LogP contribution in [0.1, 0.15) is 57.1 Å². The van der Waals surface area contributed by atoms with Crippen LogP contribution in [-0.4, -0.2) is 64.9 Å². The number of carboxylic acids is 1. The molecule has 1 saturated carbocycles. The molecular formula is C31H33N5O5. The Balaban J connectivity index is 1.34. The topological polar surface area (TPSA) is 132 Å². The van der Waals surface area contributed by atoms with Crippen LogP contribution in [0.2, 0.25) is 0 Å². The number of rotatable bonds is 9. The second kappa shape index (κ2) is 12.2. The Morgan fingerprint density at radius 3 is 2.34 bits per heavy atom. The van der Waals surface area contributed by atoms with E-state index < -0.39 is 17.9 Å². The monoisotopic (exact) mass is 555 g/mol. The molecule has 212 valence electrons. The molecule has 1 aliphatic heterocycles. The molecule has 0 bridgehead atoms. The van der Waals surface area contributed by atoms with E-state index in [1.165, 1.54) is 0 Å². The first kappa shape index (κ1) is 27.8. The van der Waals surface area contributed by atoms with E-state index in [4.69, 9.17) is 0 Å². The molecule has 1 aliphatic carbocycles. The molecule has 2 aliphatic rings. The van der Waals surface area contributed by atoms with Crippen LogP contribution < -0.4 is 15.5 Å². The molecule has 1 aromatic heterocycles. The van der Waals surface area contributed by atoms with Crippen molar-refractivity contribution in [2.45, 2.75) is 32.2 Å². The number of hydrogen-bond donors (Lipinski definition) is 3. The highest BCUT2D eigenvalue weighted by molar-refractivity contribution is 6.01. The van der Waals surface area contributed by atoms with Crippen molar-refractivity contribution in [1.29, 1.82) is 0 Å². The third-order valence-electron chi connectivity index (χ3n) is 7.44. The molecule has 3 amide bonds. The number of nitrogens with one attached hydrogen (secondary N) is 2. The largest absolute Gasteiger partial charge is 0.481 e. The van der Waals surface area contributed by atoms with Gasteiger partial charge in [-0.2, -0.15) is 0 Å². The highest BCUT2D eigenvalue weighted by atomic mass is 16.4. The molecule has 2 heterocycles. The summed E-state index contributed by atoms with van der Waals surface area (Å²) in [4.78, 5) is 58.4. The highest BCUT2D eigenvalue weighted by Gasteiger charge is 2.31. The Labute approximate surface area is 238 Å². The van der Waals surface area contributed by atoms with Crippen molar-refractivity contribution in [2.24, 2.45) is 5.92 Å². The van der Waals surface area contributed by atoms with Crippen LogP contribution in [0.15, 0.2) is 67.0 Å². The summed E-state index contributed by atoms with van der Waals surface area (Å²) in [7, 11) is 0. The number of carbonyl (C=O) groups excluding carboxylic acids is 3. The number of aryl methyl sites for hydroxylation is 1. The number of amides is 3. The van der Waals surface area contributed by atoms with Crippen molar-refractivity contribution in [3.8, 4) is 0 Å². The van der Waals surface area contributed by atoms with Gasteiger partial charge in [0.05, 0.1) is 29.4 Å². The van der Waals surface area contributed by atoms with E-state index >= 15 is 0 Å². The quantitative estimate of drug-likeness (QED) is 0.367. The number of anilines is 2. The van der Waals surface area contributed by atoms with Gasteiger partial charge in [-0.05, 0) is 55.7 Å². The molecule has 2 fully saturated rings. The van der Waals surface area contributed by atoms with Crippen molar-refractivity contribution < 1.29 is 24.3 Å². The summed E-state index contributed by atoms with van der Waals surface area (Å²) in [5.74, 6) is -1.65. The van der Waals surface area contributed by atoms with E-state index in [0.717, 1.165) is 24.1 Å². The van der Waals surface area contributed by atoms with Crippen molar-refractivity contribution >= 4 is 35.1 Å². The molecule has 5 rings (SSSR count). The van der Waals surface area contributed by atoms with E-state index in [-0.39, 0.29) is 24.2 Å². The van der Waals surface area contributed by atoms with Crippen LogP contribution in [0.4, 0.5) is 11.4 Å². The number of carboxylic acid groups (broad SMARTS) is 1. The van der Waals surface area contributed by atoms with Gasteiger partial charge in [0.1, 0.15) is 0 Å². The summed E-state index contributed by atoms with van der Waals surface area (Å²) >= 11 is 0. The van der Waals surface area contributed by atoms with E-state index in [2.05, 4.69) is 20.5 Å². The normalized spacial score (nSPS) is 15.6. The van der Waals surface area contributed by atoms with Crippen molar-refractivity contribution in [3.05, 3.63) is 89.2 Å². The molecule has 3 N–H and O–H groups in total. The SMILES string of the molecule is Cc1ccc(C(CC(=O)O)NC(=O)c2ccc(N3CCN(C(=O)c4cccnc4)CC3)c(NC(=O)C3CC3)c2)cc1. The van der Waals surface area contributed by atoms with Gasteiger partial charge >= 0.3 is 5.97 Å². The number of aliphatic carboxylic acids is 1. The zero-order chi connectivity index (χ0) is 28.9. The highest BCUT2D eigenvalue weighted by Crippen LogP contribution is 2.34. The van der Waals surface area contributed by atoms with Gasteiger partial charge in [0.2, 0.25) is 5.91 Å². The number of carbonyl (C=O) groups is 4. The van der Waals surface area contributed by atoms with Crippen LogP contribution in [0.5, 0.6) is 0 Å². The number of nitrogens with zero attached hydrogens (tertiary/aromatic N) is 3. The first-order valence-electron chi connectivity index (χ1n) is 13.8. The molecule has 0 spiro atoms. The fourth-order valence-electron chi connectivity index (χ4n) is 4.92. The molecule has 0 radical (unpaired) electrons. The minimum Gasteiger partial charge on any atom is -0.481 e. The maximum Gasteiger partial charge on any atom is 0.305 e. The number of hydrogen-bond acceptors (Lipinski definition) is 6. The molecule has 10 nitrogen and oxygen atoms in total. The Morgan fingerprint density at radius 2 is 1.71 bits per heavy atom. The van der Waals surface area contributed by atoms with Crippen LogP contribution in [0, 0.1) is 12.8 Å². The standard InChI is InChI=1S/C31H33N5O5/c1-20-4-6-21(7-5-20)25(18-28(37)38)33-30(40)23-10-11-27(26(17-23)34-29(39)22-8-9-22)35-13-15-36(16-14-35)31(41)24-3-2-12-32-19-24/h2-7,10-12,17,19,22,25H,8-9,13-16,18H2,1H3,(H,33,40)(H,34,39)(H,37,38). The third-order valence-corrected chi connectivity index (χ3v) is 7.44. The van der Waals surface area contributed by atoms with E-state index in [1.54, 1.807) is 47.6 Å². The Bertz CT molecular complexity index is 1430. The third kappa shape index (κ3) is 6.89. The van der Waals surface area contributed by atoms with Crippen molar-refractivity contribution in [2.75, 3.05) is 36.4 Å². The van der Waals surface area contributed by atoms with Crippen molar-refractivity contribution in [3.63, 3.8) is 0 Å². The van der Waals surface area contributed by atoms with Gasteiger partial charge in [-0.1, -0.05) is 29.8 Å². The van der Waals surface area contributed by atoms with E-state index in [0.29, 0.717) is 48.6 Å². The first-order chi connectivity index (χ1) is 19.8. The van der Waals surface area contributed by atoms with Gasteiger partial charge < -0.3 is 25.5 Å². The number of pyridine rings is 1. The summed E-state index contributed by atoms with van der Waals surface area (Å²) in [6.45, 7) is 4.04. The first-order valence-corrected chi connectivity index (χ1v) is 13.8. The van der Waals surface area contributed by atoms with Gasteiger partial charge in [-0.25, -0.2) is 0 Å². The predicted molar refractivity (Wildman–Crippen MR) is 154 cm³/mol. The number of piperazine rings is 1. The van der Waals surface area contributed by atoms with Gasteiger partial charge in [-0.15, -0.1) is 0 Å². The molecule has 2 aromatic carbocycles. The predicted octanol–water partition coefficient (Wildman–Crippen LogP) is 3.65. The van der Waals surface area contributed by atoms with Crippen LogP contribution in [0.25, 0.3) is 0 Å². The van der Waals surface area contributed by atoms with Crippen LogP contribution >= 0.6 is 0 Å². The number of aromatic nitrogens is 1. The molecule has 1 unspecified atom stereocenters. The molecule has 1 saturated heterocycles. The average Bonchev–Trinajstić information content (AvgIpc) is 3.83. The Hall–Kier alpha value is -4.73. The zero-order valence-electron chi connectivity index (χ0n) is 22.9. The smallest absolute Gasteiger partial charge is 0.305 e. The Kier molecular flexibility index (Phi) is 8.28. The molecular weight excluding hydrogens is 522 g/mol. The maximum atomic E-state index is 13.3. The molecule has 10 heteroatoms. The molecule has 3 aromatic rings. The van der Waals surface area contributed by atoms with E-state index in [9.17, 15) is 24.3 Å². The van der Waals surface area contributed by atoms with Crippen molar-refractivity contribution in [1.82, 2.24) is 15.2 Å². The fourth-order valence-corrected chi connectivity index (χ4v) is 4.92. The maximum absolute atomic E-state index is 13.3. The van der Waals surface area contributed by atoms with Gasteiger partial charge in [-0.3, -0.25) is 24.2 Å². The second-order valence-corrected chi connectivity index (χ2v) is 10.6. The minimum atomic E-state index is -1.02. The van der Waals surface area contributed by atoms with Gasteiger partial charge in [0, 0.05) is 50.1 Å². The lowest BCUT2D eigenvalue weighted by atomic mass is 10.0. The summed E-state index contributed by atoms with van der Waals surface area (Å²) in [5, 5.41) is 15.3. The molecule has 41 heavy (non-hydrogen) atoms. The van der Waals surface area contributed by atoms with E-state index in [1.807, 2.05) is 31.2 Å². The summed E-state index contributed by atoms with van der Waals surface area (Å²) in [6.07, 6.45) is 4.60. The lowest BCUT2D eigenvalue weighted by Gasteiger charge is -2.37. The fraction of sp³-hybridized carbons (Fsp3) is 0.323. The van der Waals surface area contributed by atoms with Crippen LogP contribution in [0.3, 0.4) is 0 Å². The summed E-state index contributed by atoms with van der Waals surface area (Å²) < 4.78 is 0. The zero-order valence-corrected chi connectivity index (χ0v) is 22.9. The minimum absolute atomic E-state index is 0.0317. The summed E-state index contributed by atoms with van der Waals surface area (Å²) in [6, 6.07) is 15.3. The average molecular weight is 556 g/mol. The van der Waals surface area contributed by atoms with Gasteiger partial charge in [0.25, 0.3) is 11.8 Å².